The zero-order valence-electron chi connectivity index (χ0n) is 25.7. The van der Waals surface area contributed by atoms with Crippen molar-refractivity contribution in [3.05, 3.63) is 0 Å². The molecule has 6 heterocycles. The second kappa shape index (κ2) is 9.59. The molecule has 0 aliphatic carbocycles. The van der Waals surface area contributed by atoms with Gasteiger partial charge in [-0.25, -0.2) is 0 Å². The molecule has 0 saturated carbocycles. The Morgan fingerprint density at radius 3 is 1.97 bits per heavy atom. The fourth-order valence-electron chi connectivity index (χ4n) is 9.27. The van der Waals surface area contributed by atoms with E-state index >= 15 is 0 Å². The van der Waals surface area contributed by atoms with Crippen molar-refractivity contribution in [1.82, 2.24) is 14.7 Å². The third-order valence-electron chi connectivity index (χ3n) is 13.0. The van der Waals surface area contributed by atoms with Crippen LogP contribution in [-0.2, 0) is 9.47 Å². The summed E-state index contributed by atoms with van der Waals surface area (Å²) in [7, 11) is 0. The topological polar surface area (TPSA) is 28.2 Å². The van der Waals surface area contributed by atoms with Gasteiger partial charge in [-0.05, 0) is 129 Å². The average Bonchev–Trinajstić information content (AvgIpc) is 3.59. The van der Waals surface area contributed by atoms with E-state index in [2.05, 4.69) is 74.9 Å². The lowest BCUT2D eigenvalue weighted by molar-refractivity contribution is -0.163. The molecule has 0 radical (unpaired) electrons. The van der Waals surface area contributed by atoms with Gasteiger partial charge in [0.05, 0.1) is 19.8 Å². The van der Waals surface area contributed by atoms with Crippen molar-refractivity contribution >= 4 is 11.8 Å². The Kier molecular flexibility index (Phi) is 7.14. The molecule has 218 valence electrons. The Morgan fingerprint density at radius 1 is 0.737 bits per heavy atom. The van der Waals surface area contributed by atoms with E-state index < -0.39 is 0 Å². The van der Waals surface area contributed by atoms with Crippen molar-refractivity contribution in [1.29, 1.82) is 0 Å². The Balaban J connectivity index is 1.31. The number of piperidine rings is 2. The summed E-state index contributed by atoms with van der Waals surface area (Å²) in [6.07, 6.45) is 7.93. The van der Waals surface area contributed by atoms with E-state index in [9.17, 15) is 0 Å². The third kappa shape index (κ3) is 4.54. The monoisotopic (exact) mass is 547 g/mol. The Bertz CT molecular complexity index is 856. The fourth-order valence-corrected chi connectivity index (χ4v) is 10.8. The van der Waals surface area contributed by atoms with Crippen LogP contribution in [0.15, 0.2) is 0 Å². The van der Waals surface area contributed by atoms with Gasteiger partial charge >= 0.3 is 0 Å². The second-order valence-electron chi connectivity index (χ2n) is 16.4. The zero-order chi connectivity index (χ0) is 27.0. The van der Waals surface area contributed by atoms with Crippen molar-refractivity contribution in [2.75, 3.05) is 70.7 Å². The highest BCUT2D eigenvalue weighted by molar-refractivity contribution is 7.99. The molecule has 0 aromatic carbocycles. The highest BCUT2D eigenvalue weighted by Crippen LogP contribution is 2.56. The number of hydrogen-bond acceptors (Lipinski definition) is 6. The van der Waals surface area contributed by atoms with E-state index in [1.165, 1.54) is 82.8 Å². The summed E-state index contributed by atoms with van der Waals surface area (Å²) in [5.41, 5.74) is 1.83. The van der Waals surface area contributed by atoms with Crippen LogP contribution in [0.2, 0.25) is 0 Å². The number of nitrogens with zero attached hydrogens (tertiary/aromatic N) is 3. The number of likely N-dealkylation sites (tertiary alicyclic amines) is 3. The van der Waals surface area contributed by atoms with Gasteiger partial charge in [-0.2, -0.15) is 11.8 Å². The fraction of sp³-hybridized carbons (Fsp3) is 1.00. The molecule has 6 aliphatic rings. The number of rotatable bonds is 4. The van der Waals surface area contributed by atoms with Crippen LogP contribution in [0.5, 0.6) is 0 Å². The lowest BCUT2D eigenvalue weighted by Gasteiger charge is -2.62. The maximum absolute atomic E-state index is 6.11. The number of thioether (sulfide) groups is 1. The first kappa shape index (κ1) is 28.3. The maximum Gasteiger partial charge on any atom is 0.0545 e. The molecule has 6 aliphatic heterocycles. The molecule has 6 fully saturated rings. The molecule has 6 rings (SSSR count). The van der Waals surface area contributed by atoms with Gasteiger partial charge in [0.1, 0.15) is 0 Å². The lowest BCUT2D eigenvalue weighted by atomic mass is 9.63. The van der Waals surface area contributed by atoms with E-state index in [-0.39, 0.29) is 16.6 Å². The molecule has 5 nitrogen and oxygen atoms in total. The molecular weight excluding hydrogens is 490 g/mol. The van der Waals surface area contributed by atoms with E-state index in [0.29, 0.717) is 22.3 Å². The van der Waals surface area contributed by atoms with Crippen LogP contribution in [0, 0.1) is 22.2 Å². The maximum atomic E-state index is 6.11. The average molecular weight is 548 g/mol. The van der Waals surface area contributed by atoms with Crippen LogP contribution in [0.4, 0.5) is 0 Å². The van der Waals surface area contributed by atoms with Crippen LogP contribution in [0.25, 0.3) is 0 Å². The summed E-state index contributed by atoms with van der Waals surface area (Å²) in [4.78, 5) is 8.78. The van der Waals surface area contributed by atoms with Crippen LogP contribution in [-0.4, -0.2) is 108 Å². The van der Waals surface area contributed by atoms with Crippen LogP contribution in [0.3, 0.4) is 0 Å². The van der Waals surface area contributed by atoms with Gasteiger partial charge in [0.15, 0.2) is 0 Å². The predicted molar refractivity (Wildman–Crippen MR) is 159 cm³/mol. The molecule has 38 heavy (non-hydrogen) atoms. The molecule has 0 bridgehead atoms. The van der Waals surface area contributed by atoms with Crippen molar-refractivity contribution in [2.45, 2.75) is 110 Å². The van der Waals surface area contributed by atoms with Crippen molar-refractivity contribution in [2.24, 2.45) is 22.2 Å². The first-order chi connectivity index (χ1) is 17.8. The minimum atomic E-state index is 0.0987. The van der Waals surface area contributed by atoms with Crippen LogP contribution >= 0.6 is 11.8 Å². The van der Waals surface area contributed by atoms with Gasteiger partial charge < -0.3 is 9.47 Å². The largest absolute Gasteiger partial charge is 0.381 e. The van der Waals surface area contributed by atoms with Crippen molar-refractivity contribution in [3.8, 4) is 0 Å². The van der Waals surface area contributed by atoms with Crippen molar-refractivity contribution < 1.29 is 9.47 Å². The second-order valence-corrected chi connectivity index (χ2v) is 17.5. The van der Waals surface area contributed by atoms with Gasteiger partial charge in [-0.1, -0.05) is 0 Å². The lowest BCUT2D eigenvalue weighted by Crippen LogP contribution is -2.71. The number of hydrogen-bond donors (Lipinski definition) is 0. The quantitative estimate of drug-likeness (QED) is 0.469. The van der Waals surface area contributed by atoms with Crippen molar-refractivity contribution in [3.63, 3.8) is 0 Å². The molecule has 6 saturated heterocycles. The first-order valence-electron chi connectivity index (χ1n) is 15.8. The first-order valence-corrected chi connectivity index (χ1v) is 17.0. The zero-order valence-corrected chi connectivity index (χ0v) is 26.6. The van der Waals surface area contributed by atoms with E-state index in [1.54, 1.807) is 0 Å². The van der Waals surface area contributed by atoms with Gasteiger partial charge in [0, 0.05) is 53.5 Å². The number of ether oxygens (including phenoxy) is 2. The molecule has 0 N–H and O–H groups in total. The SMILES string of the molecule is CC(C)(C)N1CC(C2CC3(CCOC3)CCN2C(C)(C)C(C)(C)N2CCC3(CC2)COC3)C2(CCSC2)C1. The van der Waals surface area contributed by atoms with Crippen LogP contribution in [0.1, 0.15) is 87.0 Å². The summed E-state index contributed by atoms with van der Waals surface area (Å²) >= 11 is 2.23. The molecule has 0 amide bonds. The standard InChI is InChI=1S/C32H57N3O2S/c1-27(2,3)34-19-25(32(20-34)12-17-38-24-32)26-18-30(11-16-36-21-30)10-15-35(26)29(6,7)28(4,5)33-13-8-31(9-14-33)22-37-23-31/h25-26H,8-24H2,1-7H3. The Labute approximate surface area is 238 Å². The minimum Gasteiger partial charge on any atom is -0.381 e. The molecule has 6 heteroatoms. The summed E-state index contributed by atoms with van der Waals surface area (Å²) in [5.74, 6) is 3.46. The minimum absolute atomic E-state index is 0.0987. The summed E-state index contributed by atoms with van der Waals surface area (Å²) in [6.45, 7) is 27.9. The van der Waals surface area contributed by atoms with E-state index in [0.717, 1.165) is 32.3 Å². The van der Waals surface area contributed by atoms with Gasteiger partial charge in [-0.15, -0.1) is 0 Å². The predicted octanol–water partition coefficient (Wildman–Crippen LogP) is 5.38. The normalized spacial score (nSPS) is 39.6. The van der Waals surface area contributed by atoms with Gasteiger partial charge in [0.2, 0.25) is 0 Å². The summed E-state index contributed by atoms with van der Waals surface area (Å²) < 4.78 is 11.8. The van der Waals surface area contributed by atoms with Gasteiger partial charge in [0.25, 0.3) is 0 Å². The van der Waals surface area contributed by atoms with Gasteiger partial charge in [-0.3, -0.25) is 14.7 Å². The molecule has 0 aromatic rings. The summed E-state index contributed by atoms with van der Waals surface area (Å²) in [6, 6.07) is 0.641. The molecule has 3 spiro atoms. The summed E-state index contributed by atoms with van der Waals surface area (Å²) in [5, 5.41) is 0. The highest BCUT2D eigenvalue weighted by Gasteiger charge is 2.60. The Morgan fingerprint density at radius 2 is 1.42 bits per heavy atom. The molecule has 4 unspecified atom stereocenters. The van der Waals surface area contributed by atoms with E-state index in [4.69, 9.17) is 9.47 Å². The van der Waals surface area contributed by atoms with E-state index in [1.807, 2.05) is 0 Å². The molecular formula is C32H57N3O2S. The third-order valence-corrected chi connectivity index (χ3v) is 14.3. The van der Waals surface area contributed by atoms with Crippen LogP contribution < -0.4 is 0 Å². The highest BCUT2D eigenvalue weighted by atomic mass is 32.2. The molecule has 0 aromatic heterocycles. The smallest absolute Gasteiger partial charge is 0.0545 e. The Hall–Kier alpha value is 0.150. The molecule has 4 atom stereocenters.